The van der Waals surface area contributed by atoms with Gasteiger partial charge >= 0.3 is 0 Å². The summed E-state index contributed by atoms with van der Waals surface area (Å²) in [7, 11) is 0. The lowest BCUT2D eigenvalue weighted by atomic mass is 10.1. The third-order valence-corrected chi connectivity index (χ3v) is 6.14. The smallest absolute Gasteiger partial charge is 0.0688 e. The van der Waals surface area contributed by atoms with Crippen LogP contribution in [0.3, 0.4) is 0 Å². The molecule has 2 aromatic heterocycles. The largest absolute Gasteiger partial charge is 0.362 e. The first kappa shape index (κ1) is 17.0. The maximum absolute atomic E-state index is 4.90. The van der Waals surface area contributed by atoms with Crippen molar-refractivity contribution in [3.05, 3.63) is 68.6 Å². The number of hydrogen-bond acceptors (Lipinski definition) is 2. The summed E-state index contributed by atoms with van der Waals surface area (Å²) >= 11 is 0. The van der Waals surface area contributed by atoms with Crippen LogP contribution < -0.4 is 0 Å². The summed E-state index contributed by atoms with van der Waals surface area (Å²) in [4.78, 5) is 17.0. The van der Waals surface area contributed by atoms with E-state index in [9.17, 15) is 0 Å². The van der Waals surface area contributed by atoms with Gasteiger partial charge in [0.15, 0.2) is 0 Å². The Morgan fingerprint density at radius 3 is 1.64 bits per heavy atom. The van der Waals surface area contributed by atoms with Crippen LogP contribution in [0.4, 0.5) is 0 Å². The molecule has 0 atom stereocenters. The molecule has 0 saturated carbocycles. The average molecular weight is 368 g/mol. The third-order valence-electron chi connectivity index (χ3n) is 6.14. The highest BCUT2D eigenvalue weighted by atomic mass is 14.8. The molecule has 0 aliphatic carbocycles. The first-order valence-corrected chi connectivity index (χ1v) is 9.83. The standard InChI is InChI=1S/C24H24N4/c1-13-17-5-7-19(25-17)14(2)21-9-11-23(27-21)16(4)24-12-10-22(28-24)15(3)20-8-6-18(13)26-20/h5-9,11,26,28H,10,12H2,1-4H3. The molecule has 4 heteroatoms. The van der Waals surface area contributed by atoms with E-state index in [0.717, 1.165) is 57.8 Å². The summed E-state index contributed by atoms with van der Waals surface area (Å²) in [6.45, 7) is 8.57. The van der Waals surface area contributed by atoms with Gasteiger partial charge in [-0.15, -0.1) is 0 Å². The van der Waals surface area contributed by atoms with Gasteiger partial charge in [-0.3, -0.25) is 0 Å². The van der Waals surface area contributed by atoms with Crippen LogP contribution in [0.2, 0.25) is 0 Å². The van der Waals surface area contributed by atoms with E-state index in [2.05, 4.69) is 74.1 Å². The summed E-state index contributed by atoms with van der Waals surface area (Å²) in [5.74, 6) is 0. The molecule has 0 unspecified atom stereocenters. The second kappa shape index (κ2) is 6.20. The van der Waals surface area contributed by atoms with Crippen LogP contribution in [-0.2, 0) is 12.8 Å². The first-order chi connectivity index (χ1) is 13.5. The van der Waals surface area contributed by atoms with E-state index in [1.54, 1.807) is 0 Å². The highest BCUT2D eigenvalue weighted by Gasteiger charge is 2.15. The number of nitrogens with zero attached hydrogens (tertiary/aromatic N) is 2. The van der Waals surface area contributed by atoms with E-state index in [1.165, 1.54) is 22.5 Å². The fraction of sp³-hybridized carbons (Fsp3) is 0.250. The average Bonchev–Trinajstić information content (AvgIpc) is 3.49. The van der Waals surface area contributed by atoms with Crippen molar-refractivity contribution >= 4 is 35.3 Å². The topological polar surface area (TPSA) is 57.4 Å². The van der Waals surface area contributed by atoms with Crippen molar-refractivity contribution in [1.29, 1.82) is 0 Å². The number of fused-ring (bicyclic) bond motifs is 8. The highest BCUT2D eigenvalue weighted by molar-refractivity contribution is 5.80. The Morgan fingerprint density at radius 2 is 1.04 bits per heavy atom. The molecule has 4 nitrogen and oxygen atoms in total. The second-order valence-electron chi connectivity index (χ2n) is 7.80. The molecule has 3 aliphatic rings. The van der Waals surface area contributed by atoms with E-state index >= 15 is 0 Å². The van der Waals surface area contributed by atoms with Crippen molar-refractivity contribution < 1.29 is 0 Å². The molecule has 2 N–H and O–H groups in total. The van der Waals surface area contributed by atoms with Crippen molar-refractivity contribution in [3.8, 4) is 0 Å². The molecule has 140 valence electrons. The van der Waals surface area contributed by atoms with E-state index < -0.39 is 0 Å². The van der Waals surface area contributed by atoms with Crippen LogP contribution in [0, 0.1) is 27.7 Å². The van der Waals surface area contributed by atoms with Crippen molar-refractivity contribution in [2.24, 2.45) is 0 Å². The maximum Gasteiger partial charge on any atom is 0.0688 e. The zero-order valence-electron chi connectivity index (χ0n) is 16.8. The molecule has 0 saturated heterocycles. The van der Waals surface area contributed by atoms with E-state index in [1.807, 2.05) is 0 Å². The number of aromatic nitrogens is 4. The van der Waals surface area contributed by atoms with Crippen LogP contribution in [0.1, 0.15) is 56.4 Å². The number of rotatable bonds is 0. The highest BCUT2D eigenvalue weighted by Crippen LogP contribution is 2.26. The van der Waals surface area contributed by atoms with Crippen LogP contribution in [-0.4, -0.2) is 19.9 Å². The van der Waals surface area contributed by atoms with E-state index in [-0.39, 0.29) is 0 Å². The fourth-order valence-corrected chi connectivity index (χ4v) is 4.10. The number of nitrogens with one attached hydrogen (secondary N) is 2. The molecule has 0 aromatic carbocycles. The lowest BCUT2D eigenvalue weighted by Crippen LogP contribution is -1.90. The lowest BCUT2D eigenvalue weighted by molar-refractivity contribution is 1.00. The Balaban J connectivity index is 1.93. The predicted molar refractivity (Wildman–Crippen MR) is 117 cm³/mol. The monoisotopic (exact) mass is 368 g/mol. The van der Waals surface area contributed by atoms with Gasteiger partial charge in [-0.2, -0.15) is 0 Å². The van der Waals surface area contributed by atoms with Gasteiger partial charge in [0, 0.05) is 28.0 Å². The second-order valence-corrected chi connectivity index (χ2v) is 7.80. The first-order valence-electron chi connectivity index (χ1n) is 9.83. The zero-order chi connectivity index (χ0) is 19.4. The van der Waals surface area contributed by atoms with Gasteiger partial charge in [-0.1, -0.05) is 0 Å². The Hall–Kier alpha value is -3.14. The SMILES string of the molecule is Cc1c2nc(c(C)c3[nH]c(c(C)c4ccc([nH]4)c(C)c4nc1C=C4)CC3)C=C2. The van der Waals surface area contributed by atoms with Crippen molar-refractivity contribution in [2.75, 3.05) is 0 Å². The summed E-state index contributed by atoms with van der Waals surface area (Å²) in [6, 6.07) is 4.32. The number of H-pyrrole nitrogens is 2. The van der Waals surface area contributed by atoms with Gasteiger partial charge in [-0.25, -0.2) is 9.97 Å². The fourth-order valence-electron chi connectivity index (χ4n) is 4.10. The lowest BCUT2D eigenvalue weighted by Gasteiger charge is -1.99. The molecule has 0 fully saturated rings. The quantitative estimate of drug-likeness (QED) is 0.437. The molecule has 3 aliphatic heterocycles. The van der Waals surface area contributed by atoms with Crippen molar-refractivity contribution in [1.82, 2.24) is 19.9 Å². The summed E-state index contributed by atoms with van der Waals surface area (Å²) in [5.41, 5.74) is 13.6. The van der Waals surface area contributed by atoms with Gasteiger partial charge in [-0.05, 0) is 93.7 Å². The van der Waals surface area contributed by atoms with Crippen LogP contribution >= 0.6 is 0 Å². The van der Waals surface area contributed by atoms with Gasteiger partial charge in [0.25, 0.3) is 0 Å². The van der Waals surface area contributed by atoms with E-state index in [4.69, 9.17) is 9.97 Å². The number of aromatic amines is 2. The van der Waals surface area contributed by atoms with Gasteiger partial charge in [0.2, 0.25) is 0 Å². The molecular formula is C24H24N4. The number of aryl methyl sites for hydroxylation is 4. The minimum absolute atomic E-state index is 0.987. The van der Waals surface area contributed by atoms with E-state index in [0.29, 0.717) is 0 Å². The molecule has 0 amide bonds. The van der Waals surface area contributed by atoms with Crippen LogP contribution in [0.15, 0.2) is 12.1 Å². The van der Waals surface area contributed by atoms with Crippen molar-refractivity contribution in [3.63, 3.8) is 0 Å². The maximum atomic E-state index is 4.90. The van der Waals surface area contributed by atoms with Crippen LogP contribution in [0.25, 0.3) is 35.3 Å². The molecular weight excluding hydrogens is 344 g/mol. The summed E-state index contributed by atoms with van der Waals surface area (Å²) in [5, 5.41) is 0. The third kappa shape index (κ3) is 2.60. The van der Waals surface area contributed by atoms with Crippen LogP contribution in [0.5, 0.6) is 0 Å². The molecule has 28 heavy (non-hydrogen) atoms. The minimum Gasteiger partial charge on any atom is -0.362 e. The van der Waals surface area contributed by atoms with Gasteiger partial charge in [0.1, 0.15) is 0 Å². The summed E-state index contributed by atoms with van der Waals surface area (Å²) in [6.07, 6.45) is 10.5. The molecule has 0 radical (unpaired) electrons. The molecule has 2 aromatic rings. The number of hydrogen-bond donors (Lipinski definition) is 2. The van der Waals surface area contributed by atoms with Crippen molar-refractivity contribution in [2.45, 2.75) is 40.5 Å². The molecule has 8 bridgehead atoms. The zero-order valence-corrected chi connectivity index (χ0v) is 16.8. The Morgan fingerprint density at radius 1 is 0.571 bits per heavy atom. The van der Waals surface area contributed by atoms with Gasteiger partial charge < -0.3 is 9.97 Å². The predicted octanol–water partition coefficient (Wildman–Crippen LogP) is 5.40. The molecule has 5 rings (SSSR count). The normalized spacial score (nSPS) is 13.9. The summed E-state index contributed by atoms with van der Waals surface area (Å²) < 4.78 is 0. The minimum atomic E-state index is 0.987. The Labute approximate surface area is 164 Å². The Kier molecular flexibility index (Phi) is 3.76. The molecule has 5 heterocycles. The van der Waals surface area contributed by atoms with Gasteiger partial charge in [0.05, 0.1) is 22.8 Å². The Bertz CT molecular complexity index is 1250. The molecule has 0 spiro atoms.